The first-order chi connectivity index (χ1) is 36.9. The van der Waals surface area contributed by atoms with Crippen molar-refractivity contribution >= 4 is 53.2 Å². The summed E-state index contributed by atoms with van der Waals surface area (Å²) in [7, 11) is 0. The van der Waals surface area contributed by atoms with E-state index >= 15 is 4.39 Å². The predicted molar refractivity (Wildman–Crippen MR) is 286 cm³/mol. The average molecular weight is 1090 g/mol. The maximum atomic E-state index is 15.2. The van der Waals surface area contributed by atoms with Crippen molar-refractivity contribution in [2.45, 2.75) is 142 Å². The van der Waals surface area contributed by atoms with E-state index in [1.807, 2.05) is 57.2 Å². The van der Waals surface area contributed by atoms with Crippen molar-refractivity contribution in [3.8, 4) is 0 Å². The smallest absolute Gasteiger partial charge is 0.326 e. The van der Waals surface area contributed by atoms with E-state index in [0.717, 1.165) is 22.6 Å². The number of unbranched alkanes of at least 4 members (excludes halogenated alkanes) is 3. The number of nitrogens with zero attached hydrogens (tertiary/aromatic N) is 3. The highest BCUT2D eigenvalue weighted by atomic mass is 19.1. The minimum atomic E-state index is -1.30. The summed E-state index contributed by atoms with van der Waals surface area (Å²) in [5.41, 5.74) is 7.60. The number of carboxylic acid groups (broad SMARTS) is 1. The number of aliphatic hydroxyl groups excluding tert-OH is 1. The molecule has 0 aromatic heterocycles. The first kappa shape index (κ1) is 63.5. The lowest BCUT2D eigenvalue weighted by Gasteiger charge is -2.44. The van der Waals surface area contributed by atoms with Gasteiger partial charge >= 0.3 is 5.97 Å². The second kappa shape index (κ2) is 30.8. The van der Waals surface area contributed by atoms with Crippen molar-refractivity contribution < 1.29 is 62.1 Å². The number of carbonyl (C=O) groups is 9. The minimum Gasteiger partial charge on any atom is -0.480 e. The van der Waals surface area contributed by atoms with Gasteiger partial charge in [-0.25, -0.2) is 13.6 Å². The van der Waals surface area contributed by atoms with Crippen LogP contribution in [0.2, 0.25) is 0 Å². The molecule has 0 aliphatic carbocycles. The van der Waals surface area contributed by atoms with Crippen LogP contribution in [0.25, 0.3) is 0 Å². The van der Waals surface area contributed by atoms with Crippen molar-refractivity contribution in [2.24, 2.45) is 17.1 Å². The molecule has 2 aromatic rings. The van der Waals surface area contributed by atoms with Gasteiger partial charge in [-0.05, 0) is 92.5 Å². The van der Waals surface area contributed by atoms with E-state index in [0.29, 0.717) is 50.9 Å². The fraction of sp³-hybridized carbons (Fsp3) is 0.554. The van der Waals surface area contributed by atoms with Crippen molar-refractivity contribution in [2.75, 3.05) is 45.9 Å². The minimum absolute atomic E-state index is 0.00905. The fourth-order valence-corrected chi connectivity index (χ4v) is 9.36. The van der Waals surface area contributed by atoms with Gasteiger partial charge in [-0.15, -0.1) is 0 Å². The van der Waals surface area contributed by atoms with Crippen LogP contribution in [0.4, 0.5) is 8.78 Å². The average Bonchev–Trinajstić information content (AvgIpc) is 4.03. The van der Waals surface area contributed by atoms with Crippen LogP contribution in [0.3, 0.4) is 0 Å². The molecule has 0 radical (unpaired) electrons. The van der Waals surface area contributed by atoms with E-state index in [9.17, 15) is 57.8 Å². The van der Waals surface area contributed by atoms with Gasteiger partial charge in [0.15, 0.2) is 0 Å². The zero-order valence-corrected chi connectivity index (χ0v) is 45.7. The van der Waals surface area contributed by atoms with E-state index in [4.69, 9.17) is 5.73 Å². The lowest BCUT2D eigenvalue weighted by molar-refractivity contribution is -0.142. The molecule has 22 heteroatoms. The molecule has 0 saturated carbocycles. The van der Waals surface area contributed by atoms with Crippen LogP contribution in [0, 0.1) is 23.0 Å². The zero-order valence-electron chi connectivity index (χ0n) is 45.7. The standard InChI is InChI=1S/C56H79F2N9O11/c1-35(2)50(64-46(70)18-11-8-14-28-66-47(71)21-22-48(66)72)54(76)62-36(3)52(74)63-43(55(77)78)17-12-13-26-60-45(69)23-27-61-53(75)42(59)25-30-67(49(73)34-68)51(56(4,5)6)44-31-38(40-32-39(57)19-20-41(40)58)33-65(44)29-24-37-15-9-7-10-16-37/h7,9-10,15-16,19-22,31-32,35-36,38,42-43,50-51,68H,8,11-14,17-18,23-30,33-34,59H2,1-6H3,(H,60,69)(H,61,75)(H,62,76)(H,63,74)(H,64,70)(H,77,78)/t36-,38?,42-,43-,50-,51?/m0/s1. The summed E-state index contributed by atoms with van der Waals surface area (Å²) in [4.78, 5) is 118. The Labute approximate surface area is 455 Å². The highest BCUT2D eigenvalue weighted by Crippen LogP contribution is 2.40. The SMILES string of the molecule is CC(C)[C@H](NC(=O)CCCCCN1C(=O)C=CC1=O)C(=O)N[C@@H](C)C(=O)N[C@@H](CCCCNC(=O)CCNC(=O)[C@@H](N)CCN(C(=O)CO)C(C1=CC(c2cc(F)ccc2F)CN1CCc1ccccc1)C(C)(C)C)C(=O)O. The normalized spacial score (nSPS) is 16.2. The van der Waals surface area contributed by atoms with E-state index in [-0.39, 0.29) is 81.6 Å². The summed E-state index contributed by atoms with van der Waals surface area (Å²) in [5.74, 6) is -7.47. The molecule has 2 aromatic carbocycles. The highest BCUT2D eigenvalue weighted by molar-refractivity contribution is 6.12. The molecule has 78 heavy (non-hydrogen) atoms. The van der Waals surface area contributed by atoms with Gasteiger partial charge < -0.3 is 52.3 Å². The largest absolute Gasteiger partial charge is 0.480 e. The molecule has 0 bridgehead atoms. The maximum absolute atomic E-state index is 15.2. The Hall–Kier alpha value is -7.07. The molecule has 2 aliphatic rings. The van der Waals surface area contributed by atoms with Crippen molar-refractivity contribution in [1.29, 1.82) is 0 Å². The molecule has 0 saturated heterocycles. The van der Waals surface area contributed by atoms with Gasteiger partial charge in [-0.3, -0.25) is 43.3 Å². The number of aliphatic hydroxyl groups is 1. The van der Waals surface area contributed by atoms with Crippen LogP contribution in [0.5, 0.6) is 0 Å². The van der Waals surface area contributed by atoms with Crippen molar-refractivity contribution in [3.05, 3.63) is 95.2 Å². The fourth-order valence-electron chi connectivity index (χ4n) is 9.36. The first-order valence-electron chi connectivity index (χ1n) is 26.7. The zero-order chi connectivity index (χ0) is 57.7. The third-order valence-corrected chi connectivity index (χ3v) is 13.6. The summed E-state index contributed by atoms with van der Waals surface area (Å²) in [6, 6.07) is 7.84. The monoisotopic (exact) mass is 1090 g/mol. The van der Waals surface area contributed by atoms with E-state index in [1.165, 1.54) is 30.0 Å². The molecule has 2 unspecified atom stereocenters. The molecule has 428 valence electrons. The number of nitrogens with one attached hydrogen (secondary N) is 5. The second-order valence-electron chi connectivity index (χ2n) is 21.2. The first-order valence-corrected chi connectivity index (χ1v) is 26.7. The van der Waals surface area contributed by atoms with Crippen molar-refractivity contribution in [1.82, 2.24) is 41.3 Å². The number of imide groups is 1. The van der Waals surface area contributed by atoms with Crippen molar-refractivity contribution in [3.63, 3.8) is 0 Å². The summed E-state index contributed by atoms with van der Waals surface area (Å²) in [5, 5.41) is 33.0. The van der Waals surface area contributed by atoms with Crippen LogP contribution < -0.4 is 32.3 Å². The third-order valence-electron chi connectivity index (χ3n) is 13.6. The van der Waals surface area contributed by atoms with Crippen LogP contribution in [-0.4, -0.2) is 154 Å². The number of rotatable bonds is 32. The number of nitrogens with two attached hydrogens (primary N) is 1. The highest BCUT2D eigenvalue weighted by Gasteiger charge is 2.42. The molecular formula is C56H79F2N9O11. The Kier molecular flexibility index (Phi) is 25.0. The third kappa shape index (κ3) is 19.7. The van der Waals surface area contributed by atoms with Gasteiger partial charge in [-0.2, -0.15) is 0 Å². The molecule has 8 amide bonds. The number of aliphatic carboxylic acids is 1. The molecule has 0 spiro atoms. The predicted octanol–water partition coefficient (Wildman–Crippen LogP) is 2.94. The maximum Gasteiger partial charge on any atom is 0.326 e. The summed E-state index contributed by atoms with van der Waals surface area (Å²) in [6.07, 6.45) is 7.03. The molecule has 20 nitrogen and oxygen atoms in total. The molecule has 2 heterocycles. The number of carboxylic acids is 1. The number of benzene rings is 2. The van der Waals surface area contributed by atoms with Gasteiger partial charge in [0, 0.05) is 75.9 Å². The molecule has 6 atom stereocenters. The Morgan fingerprint density at radius 3 is 2.12 bits per heavy atom. The van der Waals surface area contributed by atoms with Crippen LogP contribution in [0.15, 0.2) is 72.5 Å². The Morgan fingerprint density at radius 2 is 1.47 bits per heavy atom. The van der Waals surface area contributed by atoms with Gasteiger partial charge in [0.2, 0.25) is 35.4 Å². The van der Waals surface area contributed by atoms with Crippen LogP contribution in [-0.2, 0) is 49.6 Å². The van der Waals surface area contributed by atoms with Gasteiger partial charge in [0.25, 0.3) is 11.8 Å². The molecule has 4 rings (SSSR count). The van der Waals surface area contributed by atoms with E-state index in [2.05, 4.69) is 31.5 Å². The quantitative estimate of drug-likeness (QED) is 0.0387. The summed E-state index contributed by atoms with van der Waals surface area (Å²) >= 11 is 0. The number of halogens is 2. The summed E-state index contributed by atoms with van der Waals surface area (Å²) < 4.78 is 29.6. The number of hydrogen-bond donors (Lipinski definition) is 8. The Bertz CT molecular complexity index is 2470. The number of amides is 8. The van der Waals surface area contributed by atoms with E-state index < -0.39 is 101 Å². The Balaban J connectivity index is 1.20. The van der Waals surface area contributed by atoms with Gasteiger partial charge in [0.1, 0.15) is 36.4 Å². The molecular weight excluding hydrogens is 1010 g/mol. The van der Waals surface area contributed by atoms with Gasteiger partial charge in [0.05, 0.1) is 12.1 Å². The van der Waals surface area contributed by atoms with Crippen LogP contribution in [0.1, 0.15) is 116 Å². The number of carbonyl (C=O) groups excluding carboxylic acids is 8. The van der Waals surface area contributed by atoms with E-state index in [1.54, 1.807) is 13.8 Å². The summed E-state index contributed by atoms with van der Waals surface area (Å²) in [6.45, 7) is 10.9. The number of hydrogen-bond acceptors (Lipinski definition) is 12. The van der Waals surface area contributed by atoms with Crippen LogP contribution >= 0.6 is 0 Å². The topological polar surface area (TPSA) is 290 Å². The Morgan fingerprint density at radius 1 is 0.782 bits per heavy atom. The molecule has 2 aliphatic heterocycles. The second-order valence-corrected chi connectivity index (χ2v) is 21.2. The molecule has 9 N–H and O–H groups in total. The molecule has 0 fully saturated rings. The lowest BCUT2D eigenvalue weighted by Crippen LogP contribution is -2.56. The van der Waals surface area contributed by atoms with Gasteiger partial charge in [-0.1, -0.05) is 77.4 Å². The lowest BCUT2D eigenvalue weighted by atomic mass is 9.82.